The molecule has 0 amide bonds. The predicted octanol–water partition coefficient (Wildman–Crippen LogP) is 4.67. The molecule has 0 aliphatic carbocycles. The van der Waals surface area contributed by atoms with Crippen molar-refractivity contribution in [1.82, 2.24) is 0 Å². The lowest BCUT2D eigenvalue weighted by molar-refractivity contribution is 0.414. The van der Waals surface area contributed by atoms with Gasteiger partial charge in [0.25, 0.3) is 0 Å². The number of benzene rings is 2. The third-order valence-corrected chi connectivity index (χ3v) is 3.83. The minimum atomic E-state index is -0.0903. The van der Waals surface area contributed by atoms with Crippen LogP contribution in [0.2, 0.25) is 0 Å². The van der Waals surface area contributed by atoms with Crippen molar-refractivity contribution in [2.24, 2.45) is 0 Å². The first-order valence-corrected chi connectivity index (χ1v) is 7.55. The summed E-state index contributed by atoms with van der Waals surface area (Å²) in [4.78, 5) is 12.7. The Hall–Kier alpha value is -2.75. The lowest BCUT2D eigenvalue weighted by atomic mass is 10.0. The van der Waals surface area contributed by atoms with E-state index >= 15 is 0 Å². The highest BCUT2D eigenvalue weighted by Crippen LogP contribution is 2.27. The van der Waals surface area contributed by atoms with Crippen molar-refractivity contribution < 1.29 is 9.15 Å². The molecule has 4 nitrogen and oxygen atoms in total. The number of rotatable bonds is 4. The van der Waals surface area contributed by atoms with Crippen LogP contribution in [0.25, 0.3) is 11.0 Å². The van der Waals surface area contributed by atoms with E-state index in [0.717, 1.165) is 11.3 Å². The Morgan fingerprint density at radius 3 is 2.61 bits per heavy atom. The molecule has 1 N–H and O–H groups in total. The van der Waals surface area contributed by atoms with Crippen LogP contribution in [0.15, 0.2) is 57.9 Å². The van der Waals surface area contributed by atoms with Crippen LogP contribution in [0.3, 0.4) is 0 Å². The van der Waals surface area contributed by atoms with E-state index in [-0.39, 0.29) is 5.43 Å². The summed E-state index contributed by atoms with van der Waals surface area (Å²) in [6.45, 7) is 4.24. The number of para-hydroxylation sites is 1. The summed E-state index contributed by atoms with van der Waals surface area (Å²) in [5.74, 6) is 1.02. The molecular weight excluding hydrogens is 290 g/mol. The van der Waals surface area contributed by atoms with E-state index < -0.39 is 0 Å². The minimum Gasteiger partial charge on any atom is -0.497 e. The van der Waals surface area contributed by atoms with Crippen molar-refractivity contribution in [3.63, 3.8) is 0 Å². The highest BCUT2D eigenvalue weighted by atomic mass is 16.5. The molecule has 0 radical (unpaired) electrons. The van der Waals surface area contributed by atoms with Gasteiger partial charge in [-0.05, 0) is 29.7 Å². The fraction of sp³-hybridized carbons (Fsp3) is 0.211. The number of hydrogen-bond acceptors (Lipinski definition) is 4. The topological polar surface area (TPSA) is 51.5 Å². The third-order valence-electron chi connectivity index (χ3n) is 3.83. The standard InChI is InChI=1S/C19H19NO3/c1-12(2)14-6-4-5-7-16(14)20-17-11-23-18-10-13(22-3)8-9-15(18)19(17)21/h4-12,20H,1-3H3. The molecule has 4 heteroatoms. The van der Waals surface area contributed by atoms with Gasteiger partial charge in [0.05, 0.1) is 12.5 Å². The van der Waals surface area contributed by atoms with Crippen molar-refractivity contribution in [3.05, 3.63) is 64.5 Å². The molecule has 3 aromatic rings. The predicted molar refractivity (Wildman–Crippen MR) is 92.8 cm³/mol. The molecule has 118 valence electrons. The zero-order valence-corrected chi connectivity index (χ0v) is 13.4. The van der Waals surface area contributed by atoms with E-state index in [1.165, 1.54) is 6.26 Å². The van der Waals surface area contributed by atoms with Crippen LogP contribution in [0.5, 0.6) is 5.75 Å². The van der Waals surface area contributed by atoms with Gasteiger partial charge in [0.15, 0.2) is 0 Å². The van der Waals surface area contributed by atoms with Crippen molar-refractivity contribution in [1.29, 1.82) is 0 Å². The summed E-state index contributed by atoms with van der Waals surface area (Å²) in [5, 5.41) is 3.73. The second-order valence-corrected chi connectivity index (χ2v) is 5.71. The normalized spacial score (nSPS) is 11.0. The summed E-state index contributed by atoms with van der Waals surface area (Å²) in [7, 11) is 1.58. The molecule has 0 bridgehead atoms. The Morgan fingerprint density at radius 1 is 1.09 bits per heavy atom. The fourth-order valence-corrected chi connectivity index (χ4v) is 2.58. The first-order valence-electron chi connectivity index (χ1n) is 7.55. The van der Waals surface area contributed by atoms with Crippen molar-refractivity contribution in [3.8, 4) is 5.75 Å². The highest BCUT2D eigenvalue weighted by molar-refractivity contribution is 5.82. The lowest BCUT2D eigenvalue weighted by Gasteiger charge is -2.14. The first-order chi connectivity index (χ1) is 11.1. The molecule has 0 saturated carbocycles. The molecule has 0 aliphatic rings. The van der Waals surface area contributed by atoms with Gasteiger partial charge >= 0.3 is 0 Å². The van der Waals surface area contributed by atoms with Crippen molar-refractivity contribution in [2.75, 3.05) is 12.4 Å². The van der Waals surface area contributed by atoms with Crippen molar-refractivity contribution in [2.45, 2.75) is 19.8 Å². The Morgan fingerprint density at radius 2 is 1.87 bits per heavy atom. The van der Waals surface area contributed by atoms with E-state index in [2.05, 4.69) is 25.2 Å². The number of anilines is 2. The van der Waals surface area contributed by atoms with E-state index in [4.69, 9.17) is 9.15 Å². The van der Waals surface area contributed by atoms with Crippen LogP contribution >= 0.6 is 0 Å². The second kappa shape index (κ2) is 6.16. The number of ether oxygens (including phenoxy) is 1. The number of nitrogens with one attached hydrogen (secondary N) is 1. The maximum Gasteiger partial charge on any atom is 0.216 e. The number of methoxy groups -OCH3 is 1. The molecule has 0 atom stereocenters. The largest absolute Gasteiger partial charge is 0.497 e. The molecular formula is C19H19NO3. The number of hydrogen-bond donors (Lipinski definition) is 1. The fourth-order valence-electron chi connectivity index (χ4n) is 2.58. The quantitative estimate of drug-likeness (QED) is 0.761. The Kier molecular flexibility index (Phi) is 4.06. The van der Waals surface area contributed by atoms with Crippen LogP contribution < -0.4 is 15.5 Å². The van der Waals surface area contributed by atoms with E-state index in [1.54, 1.807) is 25.3 Å². The second-order valence-electron chi connectivity index (χ2n) is 5.71. The highest BCUT2D eigenvalue weighted by Gasteiger charge is 2.11. The van der Waals surface area contributed by atoms with Gasteiger partial charge in [-0.2, -0.15) is 0 Å². The van der Waals surface area contributed by atoms with Gasteiger partial charge < -0.3 is 14.5 Å². The van der Waals surface area contributed by atoms with E-state index in [1.807, 2.05) is 18.2 Å². The zero-order chi connectivity index (χ0) is 16.4. The van der Waals surface area contributed by atoms with Crippen LogP contribution in [-0.2, 0) is 0 Å². The molecule has 3 rings (SSSR count). The van der Waals surface area contributed by atoms with Crippen LogP contribution in [0.4, 0.5) is 11.4 Å². The third kappa shape index (κ3) is 2.93. The molecule has 1 aromatic heterocycles. The SMILES string of the molecule is COc1ccc2c(=O)c(Nc3ccccc3C(C)C)coc2c1. The molecule has 0 unspecified atom stereocenters. The van der Waals surface area contributed by atoms with E-state index in [0.29, 0.717) is 28.3 Å². The van der Waals surface area contributed by atoms with Gasteiger partial charge in [-0.25, -0.2) is 0 Å². The summed E-state index contributed by atoms with van der Waals surface area (Å²) in [6, 6.07) is 13.2. The smallest absolute Gasteiger partial charge is 0.216 e. The van der Waals surface area contributed by atoms with Crippen molar-refractivity contribution >= 4 is 22.3 Å². The maximum atomic E-state index is 12.7. The summed E-state index contributed by atoms with van der Waals surface area (Å²) < 4.78 is 10.7. The van der Waals surface area contributed by atoms with E-state index in [9.17, 15) is 4.79 Å². The summed E-state index contributed by atoms with van der Waals surface area (Å²) in [6.07, 6.45) is 1.46. The van der Waals surface area contributed by atoms with Gasteiger partial charge in [-0.15, -0.1) is 0 Å². The first kappa shape index (κ1) is 15.2. The van der Waals surface area contributed by atoms with Gasteiger partial charge in [0, 0.05) is 11.8 Å². The molecule has 2 aromatic carbocycles. The van der Waals surface area contributed by atoms with Crippen LogP contribution in [0, 0.1) is 0 Å². The Labute approximate surface area is 134 Å². The monoisotopic (exact) mass is 309 g/mol. The maximum absolute atomic E-state index is 12.7. The molecule has 0 aliphatic heterocycles. The number of fused-ring (bicyclic) bond motifs is 1. The van der Waals surface area contributed by atoms with Crippen LogP contribution in [-0.4, -0.2) is 7.11 Å². The van der Waals surface area contributed by atoms with Crippen LogP contribution in [0.1, 0.15) is 25.3 Å². The Bertz CT molecular complexity index is 897. The summed E-state index contributed by atoms with van der Waals surface area (Å²) in [5.41, 5.74) is 2.92. The van der Waals surface area contributed by atoms with Gasteiger partial charge in [-0.3, -0.25) is 4.79 Å². The average Bonchev–Trinajstić information content (AvgIpc) is 2.57. The lowest BCUT2D eigenvalue weighted by Crippen LogP contribution is -2.09. The molecule has 0 fully saturated rings. The van der Waals surface area contributed by atoms with Gasteiger partial charge in [0.2, 0.25) is 5.43 Å². The minimum absolute atomic E-state index is 0.0903. The van der Waals surface area contributed by atoms with Gasteiger partial charge in [0.1, 0.15) is 23.3 Å². The molecule has 23 heavy (non-hydrogen) atoms. The Balaban J connectivity index is 2.05. The summed E-state index contributed by atoms with van der Waals surface area (Å²) >= 11 is 0. The van der Waals surface area contributed by atoms with Gasteiger partial charge in [-0.1, -0.05) is 32.0 Å². The molecule has 0 saturated heterocycles. The molecule has 1 heterocycles. The molecule has 0 spiro atoms. The average molecular weight is 309 g/mol. The zero-order valence-electron chi connectivity index (χ0n) is 13.4.